The molecule has 2 nitrogen and oxygen atoms in total. The summed E-state index contributed by atoms with van der Waals surface area (Å²) in [5.74, 6) is 6.26. The van der Waals surface area contributed by atoms with Crippen molar-refractivity contribution in [2.45, 2.75) is 32.4 Å². The number of hydrogen-bond acceptors (Lipinski definition) is 2. The molecule has 0 bridgehead atoms. The van der Waals surface area contributed by atoms with E-state index in [-0.39, 0.29) is 19.6 Å². The Kier molecular flexibility index (Phi) is 6.40. The van der Waals surface area contributed by atoms with Gasteiger partial charge in [0.1, 0.15) is 5.75 Å². The number of ether oxygens (including phenoxy) is 1. The van der Waals surface area contributed by atoms with Gasteiger partial charge in [-0.15, -0.1) is 0 Å². The molecule has 0 spiro atoms. The molecule has 1 rings (SSSR count). The van der Waals surface area contributed by atoms with E-state index in [0.717, 1.165) is 11.1 Å². The van der Waals surface area contributed by atoms with E-state index in [4.69, 9.17) is 9.84 Å². The minimum absolute atomic E-state index is 0.0202. The molecule has 0 saturated heterocycles. The van der Waals surface area contributed by atoms with Gasteiger partial charge in [0, 0.05) is 18.4 Å². The molecule has 0 saturated carbocycles. The maximum absolute atomic E-state index is 12.0. The van der Waals surface area contributed by atoms with E-state index in [9.17, 15) is 13.2 Å². The van der Waals surface area contributed by atoms with Crippen molar-refractivity contribution in [1.29, 1.82) is 0 Å². The predicted octanol–water partition coefficient (Wildman–Crippen LogP) is 3.45. The lowest BCUT2D eigenvalue weighted by molar-refractivity contribution is -0.136. The van der Waals surface area contributed by atoms with Gasteiger partial charge in [0.15, 0.2) is 0 Å². The fourth-order valence-corrected chi connectivity index (χ4v) is 1.56. The van der Waals surface area contributed by atoms with Crippen molar-refractivity contribution in [3.05, 3.63) is 29.3 Å². The van der Waals surface area contributed by atoms with E-state index in [2.05, 4.69) is 11.8 Å². The number of benzene rings is 1. The topological polar surface area (TPSA) is 29.5 Å². The SMILES string of the molecule is Cc1cc(C#CCCO)ccc1OCCCC(F)(F)F. The molecule has 0 radical (unpaired) electrons. The molecule has 0 atom stereocenters. The van der Waals surface area contributed by atoms with Gasteiger partial charge < -0.3 is 9.84 Å². The smallest absolute Gasteiger partial charge is 0.389 e. The van der Waals surface area contributed by atoms with Gasteiger partial charge in [-0.05, 0) is 37.1 Å². The number of halogens is 3. The normalized spacial score (nSPS) is 10.8. The lowest BCUT2D eigenvalue weighted by Crippen LogP contribution is -2.10. The van der Waals surface area contributed by atoms with Crippen LogP contribution in [-0.4, -0.2) is 24.5 Å². The van der Waals surface area contributed by atoms with Crippen molar-refractivity contribution in [2.24, 2.45) is 0 Å². The summed E-state index contributed by atoms with van der Waals surface area (Å²) in [4.78, 5) is 0. The van der Waals surface area contributed by atoms with Gasteiger partial charge in [-0.25, -0.2) is 0 Å². The van der Waals surface area contributed by atoms with Gasteiger partial charge in [0.25, 0.3) is 0 Å². The molecule has 110 valence electrons. The standard InChI is InChI=1S/C15H17F3O2/c1-12-11-13(5-2-3-9-19)6-7-14(12)20-10-4-8-15(16,17)18/h6-7,11,19H,3-4,8-10H2,1H3. The lowest BCUT2D eigenvalue weighted by atomic mass is 10.1. The summed E-state index contributed by atoms with van der Waals surface area (Å²) in [5, 5.41) is 8.62. The highest BCUT2D eigenvalue weighted by Gasteiger charge is 2.26. The Hall–Kier alpha value is -1.67. The first-order valence-electron chi connectivity index (χ1n) is 6.32. The van der Waals surface area contributed by atoms with Crippen LogP contribution in [0.15, 0.2) is 18.2 Å². The Bertz CT molecular complexity index is 484. The Morgan fingerprint density at radius 1 is 1.30 bits per heavy atom. The number of aryl methyl sites for hydroxylation is 1. The third-order valence-corrected chi connectivity index (χ3v) is 2.51. The molecule has 0 heterocycles. The molecule has 1 N–H and O–H groups in total. The highest BCUT2D eigenvalue weighted by Crippen LogP contribution is 2.23. The number of aliphatic hydroxyl groups is 1. The zero-order chi connectivity index (χ0) is 15.0. The van der Waals surface area contributed by atoms with Crippen LogP contribution in [0.25, 0.3) is 0 Å². The van der Waals surface area contributed by atoms with Crippen LogP contribution >= 0.6 is 0 Å². The fraction of sp³-hybridized carbons (Fsp3) is 0.467. The third-order valence-electron chi connectivity index (χ3n) is 2.51. The van der Waals surface area contributed by atoms with Crippen molar-refractivity contribution >= 4 is 0 Å². The van der Waals surface area contributed by atoms with Crippen LogP contribution in [0, 0.1) is 18.8 Å². The predicted molar refractivity (Wildman–Crippen MR) is 70.5 cm³/mol. The van der Waals surface area contributed by atoms with Gasteiger partial charge in [-0.2, -0.15) is 13.2 Å². The Balaban J connectivity index is 2.50. The molecule has 0 aliphatic rings. The van der Waals surface area contributed by atoms with E-state index < -0.39 is 12.6 Å². The first kappa shape index (κ1) is 16.4. The first-order valence-corrected chi connectivity index (χ1v) is 6.32. The van der Waals surface area contributed by atoms with Crippen molar-refractivity contribution < 1.29 is 23.0 Å². The Labute approximate surface area is 116 Å². The minimum atomic E-state index is -4.13. The number of aliphatic hydroxyl groups excluding tert-OH is 1. The quantitative estimate of drug-likeness (QED) is 0.663. The van der Waals surface area contributed by atoms with Gasteiger partial charge in [0.05, 0.1) is 13.2 Å². The van der Waals surface area contributed by atoms with Crippen molar-refractivity contribution in [2.75, 3.05) is 13.2 Å². The molecule has 5 heteroatoms. The minimum Gasteiger partial charge on any atom is -0.493 e. The molecule has 0 fully saturated rings. The Morgan fingerprint density at radius 2 is 2.05 bits per heavy atom. The van der Waals surface area contributed by atoms with Crippen LogP contribution in [0.4, 0.5) is 13.2 Å². The number of hydrogen-bond donors (Lipinski definition) is 1. The molecule has 0 amide bonds. The summed E-state index contributed by atoms with van der Waals surface area (Å²) >= 11 is 0. The molecule has 0 aliphatic carbocycles. The molecule has 0 unspecified atom stereocenters. The van der Waals surface area contributed by atoms with E-state index in [1.54, 1.807) is 12.1 Å². The van der Waals surface area contributed by atoms with E-state index >= 15 is 0 Å². The van der Waals surface area contributed by atoms with Crippen LogP contribution in [0.3, 0.4) is 0 Å². The van der Waals surface area contributed by atoms with Crippen molar-refractivity contribution in [3.8, 4) is 17.6 Å². The average Bonchev–Trinajstić information content (AvgIpc) is 2.36. The largest absolute Gasteiger partial charge is 0.493 e. The Morgan fingerprint density at radius 3 is 2.65 bits per heavy atom. The third kappa shape index (κ3) is 6.48. The molecule has 1 aromatic carbocycles. The molecule has 0 aliphatic heterocycles. The van der Waals surface area contributed by atoms with Crippen LogP contribution in [0.5, 0.6) is 5.75 Å². The second kappa shape index (κ2) is 7.81. The summed E-state index contributed by atoms with van der Waals surface area (Å²) in [6.07, 6.45) is -4.61. The lowest BCUT2D eigenvalue weighted by Gasteiger charge is -2.10. The highest BCUT2D eigenvalue weighted by molar-refractivity contribution is 5.43. The molecular formula is C15H17F3O2. The summed E-state index contributed by atoms with van der Waals surface area (Å²) in [5.41, 5.74) is 1.62. The zero-order valence-corrected chi connectivity index (χ0v) is 11.3. The molecule has 1 aromatic rings. The number of rotatable bonds is 5. The monoisotopic (exact) mass is 286 g/mol. The molecular weight excluding hydrogens is 269 g/mol. The second-order valence-corrected chi connectivity index (χ2v) is 4.32. The second-order valence-electron chi connectivity index (χ2n) is 4.32. The van der Waals surface area contributed by atoms with E-state index in [1.807, 2.05) is 13.0 Å². The van der Waals surface area contributed by atoms with Crippen LogP contribution in [0.2, 0.25) is 0 Å². The van der Waals surface area contributed by atoms with Gasteiger partial charge >= 0.3 is 6.18 Å². The number of alkyl halides is 3. The van der Waals surface area contributed by atoms with Crippen molar-refractivity contribution in [1.82, 2.24) is 0 Å². The molecule has 20 heavy (non-hydrogen) atoms. The summed E-state index contributed by atoms with van der Waals surface area (Å²) in [7, 11) is 0. The average molecular weight is 286 g/mol. The van der Waals surface area contributed by atoms with Crippen molar-refractivity contribution in [3.63, 3.8) is 0 Å². The van der Waals surface area contributed by atoms with E-state index in [0.29, 0.717) is 12.2 Å². The van der Waals surface area contributed by atoms with Crippen LogP contribution in [0.1, 0.15) is 30.4 Å². The summed E-state index contributed by atoms with van der Waals surface area (Å²) < 4.78 is 41.2. The molecule has 0 aromatic heterocycles. The maximum Gasteiger partial charge on any atom is 0.389 e. The highest BCUT2D eigenvalue weighted by atomic mass is 19.4. The first-order chi connectivity index (χ1) is 9.42. The fourth-order valence-electron chi connectivity index (χ4n) is 1.56. The van der Waals surface area contributed by atoms with Gasteiger partial charge in [-0.3, -0.25) is 0 Å². The van der Waals surface area contributed by atoms with Crippen LogP contribution in [-0.2, 0) is 0 Å². The zero-order valence-electron chi connectivity index (χ0n) is 11.3. The van der Waals surface area contributed by atoms with Gasteiger partial charge in [-0.1, -0.05) is 11.8 Å². The van der Waals surface area contributed by atoms with Gasteiger partial charge in [0.2, 0.25) is 0 Å². The van der Waals surface area contributed by atoms with E-state index in [1.165, 1.54) is 0 Å². The maximum atomic E-state index is 12.0. The summed E-state index contributed by atoms with van der Waals surface area (Å²) in [6.45, 7) is 1.87. The summed E-state index contributed by atoms with van der Waals surface area (Å²) in [6, 6.07) is 5.26. The van der Waals surface area contributed by atoms with Crippen LogP contribution < -0.4 is 4.74 Å².